The first-order valence-electron chi connectivity index (χ1n) is 6.50. The van der Waals surface area contributed by atoms with Gasteiger partial charge in [-0.2, -0.15) is 0 Å². The second-order valence-electron chi connectivity index (χ2n) is 4.67. The zero-order valence-electron chi connectivity index (χ0n) is 12.0. The molecule has 106 valence electrons. The predicted molar refractivity (Wildman–Crippen MR) is 74.4 cm³/mol. The molecule has 1 aromatic rings. The summed E-state index contributed by atoms with van der Waals surface area (Å²) in [6.45, 7) is 9.24. The normalized spacial score (nSPS) is 11.2. The third kappa shape index (κ3) is 4.87. The molecule has 0 aromatic carbocycles. The lowest BCUT2D eigenvalue weighted by molar-refractivity contribution is 0.000588. The lowest BCUT2D eigenvalue weighted by Crippen LogP contribution is -2.34. The molecular weight excluding hydrogens is 244 g/mol. The van der Waals surface area contributed by atoms with Gasteiger partial charge in [0, 0.05) is 19.3 Å². The van der Waals surface area contributed by atoms with Crippen LogP contribution < -0.4 is 5.32 Å². The molecule has 1 heterocycles. The molecule has 5 nitrogen and oxygen atoms in total. The van der Waals surface area contributed by atoms with Crippen molar-refractivity contribution in [3.05, 3.63) is 23.9 Å². The van der Waals surface area contributed by atoms with Crippen LogP contribution in [0, 0.1) is 0 Å². The Hall–Kier alpha value is -1.62. The number of carbonyl (C=O) groups excluding carboxylic acids is 1. The molecule has 0 aliphatic rings. The number of esters is 1. The van der Waals surface area contributed by atoms with E-state index < -0.39 is 0 Å². The van der Waals surface area contributed by atoms with Gasteiger partial charge >= 0.3 is 5.97 Å². The monoisotopic (exact) mass is 266 g/mol. The fraction of sp³-hybridized carbons (Fsp3) is 0.571. The molecular formula is C14H22N2O3. The minimum atomic E-state index is -0.368. The van der Waals surface area contributed by atoms with Gasteiger partial charge in [-0.15, -0.1) is 0 Å². The van der Waals surface area contributed by atoms with E-state index in [9.17, 15) is 4.79 Å². The van der Waals surface area contributed by atoms with Crippen molar-refractivity contribution in [2.24, 2.45) is 0 Å². The molecule has 1 N–H and O–H groups in total. The number of anilines is 1. The van der Waals surface area contributed by atoms with Gasteiger partial charge in [-0.1, -0.05) is 0 Å². The van der Waals surface area contributed by atoms with E-state index in [4.69, 9.17) is 9.47 Å². The molecule has 5 heteroatoms. The molecule has 0 spiro atoms. The zero-order valence-corrected chi connectivity index (χ0v) is 12.0. The van der Waals surface area contributed by atoms with E-state index in [0.717, 1.165) is 0 Å². The van der Waals surface area contributed by atoms with Gasteiger partial charge < -0.3 is 14.8 Å². The van der Waals surface area contributed by atoms with Crippen LogP contribution in [-0.2, 0) is 9.47 Å². The molecule has 0 amide bonds. The van der Waals surface area contributed by atoms with E-state index in [1.165, 1.54) is 0 Å². The maximum atomic E-state index is 11.8. The summed E-state index contributed by atoms with van der Waals surface area (Å²) in [6.07, 6.45) is 1.64. The Labute approximate surface area is 114 Å². The topological polar surface area (TPSA) is 60.5 Å². The summed E-state index contributed by atoms with van der Waals surface area (Å²) in [4.78, 5) is 16.0. The summed E-state index contributed by atoms with van der Waals surface area (Å²) in [5.74, 6) is 0.154. The Balaban J connectivity index is 2.76. The molecule has 0 unspecified atom stereocenters. The summed E-state index contributed by atoms with van der Waals surface area (Å²) in [7, 11) is 0. The van der Waals surface area contributed by atoms with E-state index in [2.05, 4.69) is 10.3 Å². The van der Waals surface area contributed by atoms with Crippen LogP contribution in [0.4, 0.5) is 5.82 Å². The molecule has 0 bridgehead atoms. The molecule has 19 heavy (non-hydrogen) atoms. The highest BCUT2D eigenvalue weighted by Gasteiger charge is 2.19. The molecule has 1 rings (SSSR count). The summed E-state index contributed by atoms with van der Waals surface area (Å²) in [5, 5.41) is 3.14. The number of ether oxygens (including phenoxy) is 2. The van der Waals surface area contributed by atoms with Crippen molar-refractivity contribution in [3.63, 3.8) is 0 Å². The van der Waals surface area contributed by atoms with Crippen LogP contribution in [0.25, 0.3) is 0 Å². The van der Waals surface area contributed by atoms with Crippen molar-refractivity contribution in [3.8, 4) is 0 Å². The van der Waals surface area contributed by atoms with Gasteiger partial charge in [-0.25, -0.2) is 9.78 Å². The van der Waals surface area contributed by atoms with Crippen LogP contribution in [0.1, 0.15) is 38.1 Å². The van der Waals surface area contributed by atoms with Gasteiger partial charge in [-0.05, 0) is 39.8 Å². The zero-order chi connectivity index (χ0) is 14.3. The molecule has 0 saturated heterocycles. The highest BCUT2D eigenvalue weighted by Crippen LogP contribution is 2.16. The first-order chi connectivity index (χ1) is 9.00. The Morgan fingerprint density at radius 2 is 2.11 bits per heavy atom. The minimum absolute atomic E-state index is 0.321. The first kappa shape index (κ1) is 15.4. The smallest absolute Gasteiger partial charge is 0.341 e. The SMILES string of the molecule is CCOC(=O)c1cccnc1NCC(C)(C)OCC. The molecule has 0 atom stereocenters. The fourth-order valence-electron chi connectivity index (χ4n) is 1.66. The van der Waals surface area contributed by atoms with Crippen LogP contribution in [0.3, 0.4) is 0 Å². The Kier molecular flexibility index (Phi) is 5.76. The number of rotatable bonds is 7. The maximum absolute atomic E-state index is 11.8. The Morgan fingerprint density at radius 3 is 2.74 bits per heavy atom. The van der Waals surface area contributed by atoms with E-state index in [1.807, 2.05) is 20.8 Å². The second-order valence-corrected chi connectivity index (χ2v) is 4.67. The number of nitrogens with zero attached hydrogens (tertiary/aromatic N) is 1. The number of pyridine rings is 1. The molecule has 0 saturated carbocycles. The van der Waals surface area contributed by atoms with Crippen LogP contribution >= 0.6 is 0 Å². The van der Waals surface area contributed by atoms with Crippen molar-refractivity contribution in [1.29, 1.82) is 0 Å². The third-order valence-corrected chi connectivity index (χ3v) is 2.52. The number of aromatic nitrogens is 1. The van der Waals surface area contributed by atoms with Gasteiger partial charge in [-0.3, -0.25) is 0 Å². The Morgan fingerprint density at radius 1 is 1.37 bits per heavy atom. The largest absolute Gasteiger partial charge is 0.462 e. The highest BCUT2D eigenvalue weighted by molar-refractivity contribution is 5.94. The number of hydrogen-bond donors (Lipinski definition) is 1. The number of hydrogen-bond acceptors (Lipinski definition) is 5. The van der Waals surface area contributed by atoms with Crippen molar-refractivity contribution in [2.75, 3.05) is 25.1 Å². The van der Waals surface area contributed by atoms with Gasteiger partial charge in [0.2, 0.25) is 0 Å². The average Bonchev–Trinajstić information content (AvgIpc) is 2.37. The molecule has 1 aromatic heterocycles. The highest BCUT2D eigenvalue weighted by atomic mass is 16.5. The standard InChI is InChI=1S/C14H22N2O3/c1-5-18-13(17)11-8-7-9-15-12(11)16-10-14(3,4)19-6-2/h7-9H,5-6,10H2,1-4H3,(H,15,16). The van der Waals surface area contributed by atoms with Crippen LogP contribution in [-0.4, -0.2) is 36.3 Å². The van der Waals surface area contributed by atoms with Crippen molar-refractivity contribution in [1.82, 2.24) is 4.98 Å². The van der Waals surface area contributed by atoms with E-state index in [0.29, 0.717) is 31.1 Å². The second kappa shape index (κ2) is 7.09. The van der Waals surface area contributed by atoms with E-state index >= 15 is 0 Å². The van der Waals surface area contributed by atoms with E-state index in [-0.39, 0.29) is 11.6 Å². The summed E-state index contributed by atoms with van der Waals surface area (Å²) in [6, 6.07) is 3.41. The molecule has 0 fully saturated rings. The van der Waals surface area contributed by atoms with Crippen LogP contribution in [0.15, 0.2) is 18.3 Å². The average molecular weight is 266 g/mol. The molecule has 0 aliphatic heterocycles. The lowest BCUT2D eigenvalue weighted by atomic mass is 10.1. The van der Waals surface area contributed by atoms with Crippen molar-refractivity contribution in [2.45, 2.75) is 33.3 Å². The summed E-state index contributed by atoms with van der Waals surface area (Å²) in [5.41, 5.74) is 0.120. The van der Waals surface area contributed by atoms with Gasteiger partial charge in [0.25, 0.3) is 0 Å². The van der Waals surface area contributed by atoms with Gasteiger partial charge in [0.1, 0.15) is 11.4 Å². The quantitative estimate of drug-likeness (QED) is 0.768. The summed E-state index contributed by atoms with van der Waals surface area (Å²) >= 11 is 0. The minimum Gasteiger partial charge on any atom is -0.462 e. The van der Waals surface area contributed by atoms with Crippen molar-refractivity contribution < 1.29 is 14.3 Å². The maximum Gasteiger partial charge on any atom is 0.341 e. The molecule has 0 aliphatic carbocycles. The van der Waals surface area contributed by atoms with Crippen LogP contribution in [0.2, 0.25) is 0 Å². The van der Waals surface area contributed by atoms with Crippen molar-refractivity contribution >= 4 is 11.8 Å². The van der Waals surface area contributed by atoms with Crippen LogP contribution in [0.5, 0.6) is 0 Å². The first-order valence-corrected chi connectivity index (χ1v) is 6.50. The number of nitrogens with one attached hydrogen (secondary N) is 1. The van der Waals surface area contributed by atoms with Gasteiger partial charge in [0.15, 0.2) is 0 Å². The lowest BCUT2D eigenvalue weighted by Gasteiger charge is -2.25. The third-order valence-electron chi connectivity index (χ3n) is 2.52. The molecule has 0 radical (unpaired) electrons. The summed E-state index contributed by atoms with van der Waals surface area (Å²) < 4.78 is 10.6. The number of carbonyl (C=O) groups is 1. The predicted octanol–water partition coefficient (Wildman–Crippen LogP) is 2.49. The van der Waals surface area contributed by atoms with Gasteiger partial charge in [0.05, 0.1) is 12.2 Å². The fourth-order valence-corrected chi connectivity index (χ4v) is 1.66. The van der Waals surface area contributed by atoms with E-state index in [1.54, 1.807) is 25.3 Å². The Bertz CT molecular complexity index is 419.